The van der Waals surface area contributed by atoms with E-state index in [2.05, 4.69) is 0 Å². The summed E-state index contributed by atoms with van der Waals surface area (Å²) in [6, 6.07) is 0. The van der Waals surface area contributed by atoms with E-state index >= 15 is 0 Å². The second-order valence-corrected chi connectivity index (χ2v) is 5.02. The third kappa shape index (κ3) is 4.04. The van der Waals surface area contributed by atoms with Crippen molar-refractivity contribution in [2.45, 2.75) is 45.8 Å². The lowest BCUT2D eigenvalue weighted by Gasteiger charge is -2.24. The molecule has 0 radical (unpaired) electrons. The molecule has 0 heterocycles. The average molecular weight is 226 g/mol. The minimum atomic E-state index is -0.691. The molecule has 1 rings (SSSR count). The maximum Gasteiger partial charge on any atom is 0.509 e. The number of allylic oxidation sites excluding steroid dienone is 1. The summed E-state index contributed by atoms with van der Waals surface area (Å²) in [5, 5.41) is 0. The Labute approximate surface area is 95.6 Å². The number of hydrogen-bond acceptors (Lipinski definition) is 4. The largest absolute Gasteiger partial charge is 0.509 e. The lowest BCUT2D eigenvalue weighted by molar-refractivity contribution is -0.119. The molecule has 4 nitrogen and oxygen atoms in total. The molecule has 0 N–H and O–H groups in total. The lowest BCUT2D eigenvalue weighted by atomic mass is 9.93. The second kappa shape index (κ2) is 4.68. The number of hydrogen-bond donors (Lipinski definition) is 0. The van der Waals surface area contributed by atoms with E-state index in [-0.39, 0.29) is 17.8 Å². The van der Waals surface area contributed by atoms with Gasteiger partial charge in [-0.15, -0.1) is 0 Å². The van der Waals surface area contributed by atoms with Crippen LogP contribution in [0.1, 0.15) is 34.1 Å². The molecule has 2 atom stereocenters. The maximum absolute atomic E-state index is 11.4. The van der Waals surface area contributed by atoms with Crippen molar-refractivity contribution in [1.29, 1.82) is 0 Å². The van der Waals surface area contributed by atoms with Crippen LogP contribution in [-0.2, 0) is 14.3 Å². The molecule has 16 heavy (non-hydrogen) atoms. The molecule has 0 unspecified atom stereocenters. The van der Waals surface area contributed by atoms with Crippen molar-refractivity contribution in [3.8, 4) is 0 Å². The molecule has 0 fully saturated rings. The van der Waals surface area contributed by atoms with Gasteiger partial charge in [0.25, 0.3) is 0 Å². The van der Waals surface area contributed by atoms with Crippen molar-refractivity contribution in [2.75, 3.05) is 0 Å². The van der Waals surface area contributed by atoms with E-state index in [1.54, 1.807) is 26.8 Å². The molecule has 0 spiro atoms. The Balaban J connectivity index is 2.47. The van der Waals surface area contributed by atoms with Crippen LogP contribution < -0.4 is 0 Å². The SMILES string of the molecule is C[C@H]1C[C@@H](OC(=O)OC(C)(C)C)C=CC1=O. The Morgan fingerprint density at radius 3 is 2.56 bits per heavy atom. The van der Waals surface area contributed by atoms with E-state index in [9.17, 15) is 9.59 Å². The predicted molar refractivity (Wildman–Crippen MR) is 59.0 cm³/mol. The Kier molecular flexibility index (Phi) is 3.73. The number of ketones is 1. The summed E-state index contributed by atoms with van der Waals surface area (Å²) in [5.41, 5.74) is -0.559. The normalized spacial score (nSPS) is 25.4. The fraction of sp³-hybridized carbons (Fsp3) is 0.667. The number of carbonyl (C=O) groups is 2. The standard InChI is InChI=1S/C12H18O4/c1-8-7-9(5-6-10(8)13)15-11(14)16-12(2,3)4/h5-6,8-9H,7H2,1-4H3/t8-,9-/m0/s1. The van der Waals surface area contributed by atoms with Gasteiger partial charge in [-0.3, -0.25) is 4.79 Å². The zero-order valence-corrected chi connectivity index (χ0v) is 10.1. The van der Waals surface area contributed by atoms with Gasteiger partial charge in [-0.05, 0) is 39.3 Å². The molecule has 0 aromatic carbocycles. The topological polar surface area (TPSA) is 52.6 Å². The molecule has 0 bridgehead atoms. The van der Waals surface area contributed by atoms with Gasteiger partial charge < -0.3 is 9.47 Å². The lowest BCUT2D eigenvalue weighted by Crippen LogP contribution is -2.30. The van der Waals surface area contributed by atoms with E-state index in [0.29, 0.717) is 6.42 Å². The van der Waals surface area contributed by atoms with Crippen molar-refractivity contribution in [3.05, 3.63) is 12.2 Å². The van der Waals surface area contributed by atoms with Crippen LogP contribution in [0.3, 0.4) is 0 Å². The second-order valence-electron chi connectivity index (χ2n) is 5.02. The smallest absolute Gasteiger partial charge is 0.429 e. The Morgan fingerprint density at radius 2 is 2.06 bits per heavy atom. The minimum absolute atomic E-state index is 0.0732. The van der Waals surface area contributed by atoms with Crippen molar-refractivity contribution >= 4 is 11.9 Å². The molecular weight excluding hydrogens is 208 g/mol. The highest BCUT2D eigenvalue weighted by Crippen LogP contribution is 2.19. The summed E-state index contributed by atoms with van der Waals surface area (Å²) in [4.78, 5) is 22.5. The van der Waals surface area contributed by atoms with Gasteiger partial charge in [0, 0.05) is 5.92 Å². The first kappa shape index (κ1) is 12.7. The third-order valence-corrected chi connectivity index (χ3v) is 2.18. The van der Waals surface area contributed by atoms with Crippen molar-refractivity contribution in [2.24, 2.45) is 5.92 Å². The van der Waals surface area contributed by atoms with Gasteiger partial charge in [-0.25, -0.2) is 4.79 Å². The molecular formula is C12H18O4. The van der Waals surface area contributed by atoms with Crippen LogP contribution in [0.15, 0.2) is 12.2 Å². The van der Waals surface area contributed by atoms with Gasteiger partial charge >= 0.3 is 6.16 Å². The molecule has 90 valence electrons. The highest BCUT2D eigenvalue weighted by Gasteiger charge is 2.25. The zero-order chi connectivity index (χ0) is 12.3. The molecule has 1 aliphatic rings. The van der Waals surface area contributed by atoms with Crippen molar-refractivity contribution in [3.63, 3.8) is 0 Å². The first-order valence-corrected chi connectivity index (χ1v) is 5.39. The first-order valence-electron chi connectivity index (χ1n) is 5.39. The van der Waals surface area contributed by atoms with Gasteiger partial charge in [0.05, 0.1) is 0 Å². The fourth-order valence-corrected chi connectivity index (χ4v) is 1.39. The summed E-state index contributed by atoms with van der Waals surface area (Å²) in [6.45, 7) is 7.14. The van der Waals surface area contributed by atoms with Crippen LogP contribution in [0.25, 0.3) is 0 Å². The minimum Gasteiger partial charge on any atom is -0.429 e. The zero-order valence-electron chi connectivity index (χ0n) is 10.1. The molecule has 0 saturated heterocycles. The van der Waals surface area contributed by atoms with Gasteiger partial charge in [0.1, 0.15) is 11.7 Å². The fourth-order valence-electron chi connectivity index (χ4n) is 1.39. The van der Waals surface area contributed by atoms with E-state index < -0.39 is 11.8 Å². The maximum atomic E-state index is 11.4. The van der Waals surface area contributed by atoms with Crippen LogP contribution in [0.5, 0.6) is 0 Å². The molecule has 4 heteroatoms. The van der Waals surface area contributed by atoms with Gasteiger partial charge in [-0.2, -0.15) is 0 Å². The molecule has 0 aliphatic heterocycles. The monoisotopic (exact) mass is 226 g/mol. The molecule has 0 aromatic rings. The third-order valence-electron chi connectivity index (χ3n) is 2.18. The summed E-state index contributed by atoms with van der Waals surface area (Å²) >= 11 is 0. The van der Waals surface area contributed by atoms with Crippen LogP contribution in [0, 0.1) is 5.92 Å². The summed E-state index contributed by atoms with van der Waals surface area (Å²) in [5.74, 6) is -0.0264. The summed E-state index contributed by atoms with van der Waals surface area (Å²) in [7, 11) is 0. The molecule has 0 saturated carbocycles. The molecule has 0 aromatic heterocycles. The van der Waals surface area contributed by atoms with Crippen molar-refractivity contribution < 1.29 is 19.1 Å². The summed E-state index contributed by atoms with van der Waals surface area (Å²) in [6.07, 6.45) is 2.54. The number of rotatable bonds is 1. The highest BCUT2D eigenvalue weighted by atomic mass is 16.7. The highest BCUT2D eigenvalue weighted by molar-refractivity contribution is 5.92. The predicted octanol–water partition coefficient (Wildman–Crippen LogP) is 2.47. The van der Waals surface area contributed by atoms with Crippen LogP contribution in [0.2, 0.25) is 0 Å². The van der Waals surface area contributed by atoms with Gasteiger partial charge in [0.15, 0.2) is 5.78 Å². The van der Waals surface area contributed by atoms with Gasteiger partial charge in [0.2, 0.25) is 0 Å². The van der Waals surface area contributed by atoms with E-state index in [1.807, 2.05) is 6.92 Å². The Bertz CT molecular complexity index is 311. The summed E-state index contributed by atoms with van der Waals surface area (Å²) < 4.78 is 10.1. The molecule has 1 aliphatic carbocycles. The number of carbonyl (C=O) groups excluding carboxylic acids is 2. The van der Waals surface area contributed by atoms with Crippen LogP contribution >= 0.6 is 0 Å². The quantitative estimate of drug-likeness (QED) is 0.644. The molecule has 0 amide bonds. The van der Waals surface area contributed by atoms with Crippen molar-refractivity contribution in [1.82, 2.24) is 0 Å². The van der Waals surface area contributed by atoms with E-state index in [1.165, 1.54) is 6.08 Å². The average Bonchev–Trinajstić information content (AvgIpc) is 2.08. The van der Waals surface area contributed by atoms with E-state index in [0.717, 1.165) is 0 Å². The number of ether oxygens (including phenoxy) is 2. The van der Waals surface area contributed by atoms with Gasteiger partial charge in [-0.1, -0.05) is 6.92 Å². The first-order chi connectivity index (χ1) is 7.28. The Hall–Kier alpha value is -1.32. The van der Waals surface area contributed by atoms with Crippen LogP contribution in [0.4, 0.5) is 4.79 Å². The Morgan fingerprint density at radius 1 is 1.44 bits per heavy atom. The van der Waals surface area contributed by atoms with E-state index in [4.69, 9.17) is 9.47 Å². The van der Waals surface area contributed by atoms with Crippen LogP contribution in [-0.4, -0.2) is 23.6 Å².